The van der Waals surface area contributed by atoms with Crippen LogP contribution in [-0.2, 0) is 0 Å². The highest BCUT2D eigenvalue weighted by molar-refractivity contribution is 5.62. The van der Waals surface area contributed by atoms with Crippen LogP contribution in [-0.4, -0.2) is 26.4 Å². The maximum atomic E-state index is 10.4. The Morgan fingerprint density at radius 3 is 1.42 bits per heavy atom. The zero-order chi connectivity index (χ0) is 14.7. The van der Waals surface area contributed by atoms with Gasteiger partial charge >= 0.3 is 0 Å². The molecule has 0 amide bonds. The maximum Gasteiger partial charge on any atom is 0.135 e. The molecule has 4 heteroatoms. The van der Waals surface area contributed by atoms with Crippen molar-refractivity contribution < 1.29 is 19.3 Å². The van der Waals surface area contributed by atoms with Gasteiger partial charge in [0.15, 0.2) is 0 Å². The Kier molecular flexibility index (Phi) is 5.06. The highest BCUT2D eigenvalue weighted by atomic mass is 16.5. The van der Waals surface area contributed by atoms with E-state index in [2.05, 4.69) is 0 Å². The molecule has 0 aliphatic carbocycles. The molecule has 0 heterocycles. The SMILES string of the molecule is COc1c(C)c(OC)c(C(O)C(C)C)c(OC)c1C. The third-order valence-electron chi connectivity index (χ3n) is 3.39. The molecule has 0 aromatic heterocycles. The monoisotopic (exact) mass is 268 g/mol. The predicted octanol–water partition coefficient (Wildman–Crippen LogP) is 3.02. The molecule has 0 saturated carbocycles. The number of aliphatic hydroxyl groups is 1. The van der Waals surface area contributed by atoms with E-state index in [0.717, 1.165) is 16.9 Å². The Bertz CT molecular complexity index is 421. The highest BCUT2D eigenvalue weighted by Crippen LogP contribution is 2.46. The van der Waals surface area contributed by atoms with E-state index < -0.39 is 6.10 Å². The first kappa shape index (κ1) is 15.6. The van der Waals surface area contributed by atoms with Gasteiger partial charge in [0.05, 0.1) is 33.0 Å². The Morgan fingerprint density at radius 2 is 1.16 bits per heavy atom. The summed E-state index contributed by atoms with van der Waals surface area (Å²) in [5.41, 5.74) is 2.44. The van der Waals surface area contributed by atoms with Crippen molar-refractivity contribution in [1.29, 1.82) is 0 Å². The third-order valence-corrected chi connectivity index (χ3v) is 3.39. The molecule has 1 atom stereocenters. The average Bonchev–Trinajstić information content (AvgIpc) is 2.37. The molecule has 19 heavy (non-hydrogen) atoms. The Morgan fingerprint density at radius 1 is 0.789 bits per heavy atom. The molecule has 0 bridgehead atoms. The van der Waals surface area contributed by atoms with Crippen LogP contribution in [0.3, 0.4) is 0 Å². The van der Waals surface area contributed by atoms with Gasteiger partial charge in [0.2, 0.25) is 0 Å². The normalized spacial score (nSPS) is 12.5. The fourth-order valence-corrected chi connectivity index (χ4v) is 2.43. The largest absolute Gasteiger partial charge is 0.496 e. The Labute approximate surface area is 115 Å². The molecule has 1 aromatic carbocycles. The van der Waals surface area contributed by atoms with Gasteiger partial charge in [-0.15, -0.1) is 0 Å². The van der Waals surface area contributed by atoms with Gasteiger partial charge in [-0.05, 0) is 19.8 Å². The van der Waals surface area contributed by atoms with Crippen molar-refractivity contribution in [1.82, 2.24) is 0 Å². The van der Waals surface area contributed by atoms with Crippen LogP contribution >= 0.6 is 0 Å². The van der Waals surface area contributed by atoms with Crippen molar-refractivity contribution in [2.24, 2.45) is 5.92 Å². The fraction of sp³-hybridized carbons (Fsp3) is 0.600. The third kappa shape index (κ3) is 2.63. The van der Waals surface area contributed by atoms with E-state index in [1.165, 1.54) is 0 Å². The predicted molar refractivity (Wildman–Crippen MR) is 75.4 cm³/mol. The van der Waals surface area contributed by atoms with Crippen molar-refractivity contribution in [3.8, 4) is 17.2 Å². The number of methoxy groups -OCH3 is 3. The Balaban J connectivity index is 3.68. The van der Waals surface area contributed by atoms with Crippen LogP contribution in [0.2, 0.25) is 0 Å². The molecule has 0 fully saturated rings. The lowest BCUT2D eigenvalue weighted by Crippen LogP contribution is -2.12. The molecule has 1 aromatic rings. The van der Waals surface area contributed by atoms with Crippen LogP contribution in [0.1, 0.15) is 36.6 Å². The highest BCUT2D eigenvalue weighted by Gasteiger charge is 2.28. The summed E-state index contributed by atoms with van der Waals surface area (Å²) < 4.78 is 16.3. The lowest BCUT2D eigenvalue weighted by Gasteiger charge is -2.25. The van der Waals surface area contributed by atoms with Crippen LogP contribution in [0.4, 0.5) is 0 Å². The molecule has 1 N–H and O–H groups in total. The molecule has 0 radical (unpaired) electrons. The van der Waals surface area contributed by atoms with Crippen molar-refractivity contribution in [3.63, 3.8) is 0 Å². The summed E-state index contributed by atoms with van der Waals surface area (Å²) in [5, 5.41) is 10.4. The summed E-state index contributed by atoms with van der Waals surface area (Å²) in [4.78, 5) is 0. The second kappa shape index (κ2) is 6.15. The minimum absolute atomic E-state index is 0.0648. The number of ether oxygens (including phenoxy) is 3. The molecule has 1 rings (SSSR count). The summed E-state index contributed by atoms with van der Waals surface area (Å²) in [6.07, 6.45) is -0.645. The lowest BCUT2D eigenvalue weighted by atomic mass is 9.92. The molecule has 1 unspecified atom stereocenters. The van der Waals surface area contributed by atoms with Gasteiger partial charge in [-0.3, -0.25) is 0 Å². The molecule has 0 spiro atoms. The number of hydrogen-bond donors (Lipinski definition) is 1. The molecule has 4 nitrogen and oxygen atoms in total. The van der Waals surface area contributed by atoms with Gasteiger partial charge in [0, 0.05) is 11.1 Å². The van der Waals surface area contributed by atoms with Crippen molar-refractivity contribution in [2.75, 3.05) is 21.3 Å². The van der Waals surface area contributed by atoms with E-state index in [0.29, 0.717) is 17.1 Å². The van der Waals surface area contributed by atoms with Crippen LogP contribution in [0.25, 0.3) is 0 Å². The summed E-state index contributed by atoms with van der Waals surface area (Å²) >= 11 is 0. The van der Waals surface area contributed by atoms with E-state index in [-0.39, 0.29) is 5.92 Å². The van der Waals surface area contributed by atoms with Crippen molar-refractivity contribution in [2.45, 2.75) is 33.8 Å². The van der Waals surface area contributed by atoms with Crippen LogP contribution in [0, 0.1) is 19.8 Å². The van der Waals surface area contributed by atoms with E-state index in [9.17, 15) is 5.11 Å². The number of hydrogen-bond acceptors (Lipinski definition) is 4. The maximum absolute atomic E-state index is 10.4. The van der Waals surface area contributed by atoms with Crippen molar-refractivity contribution in [3.05, 3.63) is 16.7 Å². The molecular weight excluding hydrogens is 244 g/mol. The van der Waals surface area contributed by atoms with Gasteiger partial charge in [-0.2, -0.15) is 0 Å². The zero-order valence-corrected chi connectivity index (χ0v) is 12.8. The van der Waals surface area contributed by atoms with Crippen LogP contribution in [0.15, 0.2) is 0 Å². The first-order valence-electron chi connectivity index (χ1n) is 6.37. The van der Waals surface area contributed by atoms with Crippen LogP contribution < -0.4 is 14.2 Å². The van der Waals surface area contributed by atoms with E-state index >= 15 is 0 Å². The van der Waals surface area contributed by atoms with Gasteiger partial charge < -0.3 is 19.3 Å². The van der Waals surface area contributed by atoms with E-state index in [1.54, 1.807) is 21.3 Å². The molecule has 0 aliphatic heterocycles. The standard InChI is InChI=1S/C15H24O4/c1-8(2)12(16)11-14(18-6)9(3)13(17-5)10(4)15(11)19-7/h8,12,16H,1-7H3. The number of aliphatic hydroxyl groups excluding tert-OH is 1. The lowest BCUT2D eigenvalue weighted by molar-refractivity contribution is 0.119. The summed E-state index contributed by atoms with van der Waals surface area (Å²) in [5.74, 6) is 2.05. The number of rotatable bonds is 5. The fourth-order valence-electron chi connectivity index (χ4n) is 2.43. The summed E-state index contributed by atoms with van der Waals surface area (Å²) in [7, 11) is 4.80. The summed E-state index contributed by atoms with van der Waals surface area (Å²) in [6, 6.07) is 0. The topological polar surface area (TPSA) is 47.9 Å². The Hall–Kier alpha value is -1.42. The second-order valence-corrected chi connectivity index (χ2v) is 4.95. The molecular formula is C15H24O4. The second-order valence-electron chi connectivity index (χ2n) is 4.95. The summed E-state index contributed by atoms with van der Waals surface area (Å²) in [6.45, 7) is 7.75. The first-order valence-corrected chi connectivity index (χ1v) is 6.37. The minimum Gasteiger partial charge on any atom is -0.496 e. The van der Waals surface area contributed by atoms with Gasteiger partial charge in [0.25, 0.3) is 0 Å². The van der Waals surface area contributed by atoms with Gasteiger partial charge in [-0.25, -0.2) is 0 Å². The molecule has 0 aliphatic rings. The van der Waals surface area contributed by atoms with Gasteiger partial charge in [-0.1, -0.05) is 13.8 Å². The number of benzene rings is 1. The first-order chi connectivity index (χ1) is 8.90. The average molecular weight is 268 g/mol. The van der Waals surface area contributed by atoms with Crippen LogP contribution in [0.5, 0.6) is 17.2 Å². The van der Waals surface area contributed by atoms with E-state index in [1.807, 2.05) is 27.7 Å². The zero-order valence-electron chi connectivity index (χ0n) is 12.8. The smallest absolute Gasteiger partial charge is 0.135 e. The van der Waals surface area contributed by atoms with Gasteiger partial charge in [0.1, 0.15) is 17.2 Å². The van der Waals surface area contributed by atoms with E-state index in [4.69, 9.17) is 14.2 Å². The minimum atomic E-state index is -0.645. The molecule has 108 valence electrons. The quantitative estimate of drug-likeness (QED) is 0.891. The molecule has 0 saturated heterocycles. The van der Waals surface area contributed by atoms with Crippen molar-refractivity contribution >= 4 is 0 Å².